The van der Waals surface area contributed by atoms with Crippen LogP contribution in [0.3, 0.4) is 0 Å². The minimum atomic E-state index is -0.0844. The quantitative estimate of drug-likeness (QED) is 0.799. The monoisotopic (exact) mass is 223 g/mol. The van der Waals surface area contributed by atoms with Crippen LogP contribution in [0.2, 0.25) is 0 Å². The Hall–Kier alpha value is -1.55. The van der Waals surface area contributed by atoms with Crippen LogP contribution in [0, 0.1) is 0 Å². The number of rotatable bonds is 5. The molecule has 1 amide bonds. The van der Waals surface area contributed by atoms with Gasteiger partial charge in [0.1, 0.15) is 5.75 Å². The van der Waals surface area contributed by atoms with E-state index < -0.39 is 0 Å². The highest BCUT2D eigenvalue weighted by Crippen LogP contribution is 2.18. The second-order valence-corrected chi connectivity index (χ2v) is 3.66. The van der Waals surface area contributed by atoms with E-state index in [2.05, 4.69) is 0 Å². The highest BCUT2D eigenvalue weighted by atomic mass is 16.5. The third kappa shape index (κ3) is 3.55. The van der Waals surface area contributed by atoms with Crippen LogP contribution in [0.4, 0.5) is 0 Å². The molecule has 0 heterocycles. The number of aliphatic hydroxyl groups is 1. The van der Waals surface area contributed by atoms with Gasteiger partial charge >= 0.3 is 0 Å². The molecular weight excluding hydrogens is 206 g/mol. The van der Waals surface area contributed by atoms with Crippen molar-refractivity contribution in [2.45, 2.75) is 6.42 Å². The molecule has 16 heavy (non-hydrogen) atoms. The zero-order valence-corrected chi connectivity index (χ0v) is 9.64. The number of carbonyl (C=O) groups excluding carboxylic acids is 1. The van der Waals surface area contributed by atoms with E-state index in [-0.39, 0.29) is 19.1 Å². The molecule has 0 aromatic heterocycles. The first-order valence-corrected chi connectivity index (χ1v) is 5.17. The van der Waals surface area contributed by atoms with Crippen LogP contribution in [-0.4, -0.2) is 43.2 Å². The Balaban J connectivity index is 2.62. The largest absolute Gasteiger partial charge is 0.483 e. The molecule has 4 heteroatoms. The number of ether oxygens (including phenoxy) is 1. The van der Waals surface area contributed by atoms with E-state index in [1.807, 2.05) is 18.2 Å². The lowest BCUT2D eigenvalue weighted by atomic mass is 10.1. The van der Waals surface area contributed by atoms with Crippen molar-refractivity contribution in [2.75, 3.05) is 27.3 Å². The third-order valence-corrected chi connectivity index (χ3v) is 2.20. The van der Waals surface area contributed by atoms with Gasteiger partial charge in [-0.15, -0.1) is 0 Å². The Kier molecular flexibility index (Phi) is 4.79. The summed E-state index contributed by atoms with van der Waals surface area (Å²) in [5.41, 5.74) is 0.913. The van der Waals surface area contributed by atoms with Crippen LogP contribution < -0.4 is 4.74 Å². The normalized spacial score (nSPS) is 9.94. The highest BCUT2D eigenvalue weighted by molar-refractivity contribution is 5.77. The maximum absolute atomic E-state index is 11.3. The summed E-state index contributed by atoms with van der Waals surface area (Å²) in [4.78, 5) is 12.8. The van der Waals surface area contributed by atoms with Gasteiger partial charge in [0.25, 0.3) is 5.91 Å². The minimum absolute atomic E-state index is 0.0233. The molecule has 1 aromatic rings. The van der Waals surface area contributed by atoms with E-state index in [1.54, 1.807) is 20.2 Å². The lowest BCUT2D eigenvalue weighted by molar-refractivity contribution is -0.130. The molecule has 0 saturated carbocycles. The Labute approximate surface area is 95.5 Å². The fourth-order valence-electron chi connectivity index (χ4n) is 1.24. The summed E-state index contributed by atoms with van der Waals surface area (Å²) in [5, 5.41) is 8.88. The van der Waals surface area contributed by atoms with Gasteiger partial charge in [0.2, 0.25) is 0 Å². The third-order valence-electron chi connectivity index (χ3n) is 2.20. The fraction of sp³-hybridized carbons (Fsp3) is 0.417. The van der Waals surface area contributed by atoms with Crippen LogP contribution in [0.1, 0.15) is 5.56 Å². The van der Waals surface area contributed by atoms with Crippen LogP contribution >= 0.6 is 0 Å². The van der Waals surface area contributed by atoms with Gasteiger partial charge in [0, 0.05) is 20.7 Å². The molecule has 4 nitrogen and oxygen atoms in total. The van der Waals surface area contributed by atoms with Crippen molar-refractivity contribution in [3.8, 4) is 5.75 Å². The zero-order chi connectivity index (χ0) is 12.0. The van der Waals surface area contributed by atoms with Gasteiger partial charge < -0.3 is 14.7 Å². The maximum atomic E-state index is 11.3. The van der Waals surface area contributed by atoms with Gasteiger partial charge in [-0.3, -0.25) is 4.79 Å². The smallest absolute Gasteiger partial charge is 0.259 e. The number of carbonyl (C=O) groups is 1. The summed E-state index contributed by atoms with van der Waals surface area (Å²) < 4.78 is 5.41. The Morgan fingerprint density at radius 1 is 1.38 bits per heavy atom. The summed E-state index contributed by atoms with van der Waals surface area (Å²) in [6, 6.07) is 7.40. The fourth-order valence-corrected chi connectivity index (χ4v) is 1.24. The number of aliphatic hydroxyl groups excluding tert-OH is 1. The molecule has 0 unspecified atom stereocenters. The molecule has 0 radical (unpaired) electrons. The van der Waals surface area contributed by atoms with Crippen LogP contribution in [0.25, 0.3) is 0 Å². The molecule has 0 aliphatic carbocycles. The Morgan fingerprint density at radius 2 is 2.06 bits per heavy atom. The first kappa shape index (κ1) is 12.5. The predicted octanol–water partition coefficient (Wildman–Crippen LogP) is 0.688. The molecule has 0 aliphatic heterocycles. The maximum Gasteiger partial charge on any atom is 0.259 e. The van der Waals surface area contributed by atoms with Crippen molar-refractivity contribution in [1.82, 2.24) is 4.90 Å². The van der Waals surface area contributed by atoms with Gasteiger partial charge in [-0.05, 0) is 18.1 Å². The molecule has 1 aromatic carbocycles. The van der Waals surface area contributed by atoms with Gasteiger partial charge in [-0.1, -0.05) is 18.2 Å². The van der Waals surface area contributed by atoms with Gasteiger partial charge in [0.05, 0.1) is 0 Å². The van der Waals surface area contributed by atoms with Crippen molar-refractivity contribution >= 4 is 5.91 Å². The van der Waals surface area contributed by atoms with Gasteiger partial charge in [0.15, 0.2) is 6.61 Å². The number of hydrogen-bond donors (Lipinski definition) is 1. The van der Waals surface area contributed by atoms with E-state index >= 15 is 0 Å². The average Bonchev–Trinajstić information content (AvgIpc) is 2.27. The minimum Gasteiger partial charge on any atom is -0.483 e. The van der Waals surface area contributed by atoms with Crippen LogP contribution in [0.5, 0.6) is 5.75 Å². The number of benzene rings is 1. The van der Waals surface area contributed by atoms with E-state index in [0.717, 1.165) is 5.56 Å². The zero-order valence-electron chi connectivity index (χ0n) is 9.64. The lowest BCUT2D eigenvalue weighted by Gasteiger charge is -2.13. The summed E-state index contributed by atoms with van der Waals surface area (Å²) in [7, 11) is 3.37. The summed E-state index contributed by atoms with van der Waals surface area (Å²) in [6.07, 6.45) is 0.534. The molecule has 88 valence electrons. The Bertz CT molecular complexity index is 350. The lowest BCUT2D eigenvalue weighted by Crippen LogP contribution is -2.27. The van der Waals surface area contributed by atoms with Crippen molar-refractivity contribution in [3.63, 3.8) is 0 Å². The van der Waals surface area contributed by atoms with Crippen molar-refractivity contribution in [3.05, 3.63) is 29.8 Å². The Morgan fingerprint density at radius 3 is 2.69 bits per heavy atom. The summed E-state index contributed by atoms with van der Waals surface area (Å²) in [6.45, 7) is 0.0947. The molecule has 0 atom stereocenters. The van der Waals surface area contributed by atoms with E-state index in [9.17, 15) is 4.79 Å². The topological polar surface area (TPSA) is 49.8 Å². The van der Waals surface area contributed by atoms with E-state index in [1.165, 1.54) is 4.90 Å². The molecular formula is C12H17NO3. The number of likely N-dealkylation sites (N-methyl/N-ethyl adjacent to an activating group) is 1. The second-order valence-electron chi connectivity index (χ2n) is 3.66. The van der Waals surface area contributed by atoms with Crippen molar-refractivity contribution < 1.29 is 14.6 Å². The number of amides is 1. The number of hydrogen-bond acceptors (Lipinski definition) is 3. The molecule has 0 saturated heterocycles. The predicted molar refractivity (Wildman–Crippen MR) is 61.4 cm³/mol. The van der Waals surface area contributed by atoms with E-state index in [4.69, 9.17) is 9.84 Å². The highest BCUT2D eigenvalue weighted by Gasteiger charge is 2.07. The molecule has 1 N–H and O–H groups in total. The molecule has 0 aliphatic rings. The van der Waals surface area contributed by atoms with Crippen molar-refractivity contribution in [2.24, 2.45) is 0 Å². The van der Waals surface area contributed by atoms with Gasteiger partial charge in [-0.25, -0.2) is 0 Å². The van der Waals surface area contributed by atoms with Crippen LogP contribution in [-0.2, 0) is 11.2 Å². The molecule has 1 rings (SSSR count). The van der Waals surface area contributed by atoms with E-state index in [0.29, 0.717) is 12.2 Å². The molecule has 0 spiro atoms. The van der Waals surface area contributed by atoms with Crippen molar-refractivity contribution in [1.29, 1.82) is 0 Å². The molecule has 0 bridgehead atoms. The van der Waals surface area contributed by atoms with Crippen LogP contribution in [0.15, 0.2) is 24.3 Å². The average molecular weight is 223 g/mol. The SMILES string of the molecule is CN(C)C(=O)COc1ccccc1CCO. The number of nitrogens with zero attached hydrogens (tertiary/aromatic N) is 1. The number of para-hydroxylation sites is 1. The second kappa shape index (κ2) is 6.12. The molecule has 0 fully saturated rings. The first-order valence-electron chi connectivity index (χ1n) is 5.17. The summed E-state index contributed by atoms with van der Waals surface area (Å²) in [5.74, 6) is 0.575. The first-order chi connectivity index (χ1) is 7.65. The standard InChI is InChI=1S/C12H17NO3/c1-13(2)12(15)9-16-11-6-4-3-5-10(11)7-8-14/h3-6,14H,7-9H2,1-2H3. The van der Waals surface area contributed by atoms with Gasteiger partial charge in [-0.2, -0.15) is 0 Å². The summed E-state index contributed by atoms with van der Waals surface area (Å²) >= 11 is 0.